The first kappa shape index (κ1) is 16.1. The molecule has 1 rings (SSSR count). The molecule has 0 fully saturated rings. The number of aromatic nitrogens is 2. The second-order valence-corrected chi connectivity index (χ2v) is 5.79. The molecule has 1 aromatic heterocycles. The monoisotopic (exact) mass is 310 g/mol. The fourth-order valence-corrected chi connectivity index (χ4v) is 3.35. The Hall–Kier alpha value is 0.0800. The van der Waals surface area contributed by atoms with Crippen LogP contribution in [0.5, 0.6) is 0 Å². The standard InChI is InChI=1S/C13H21Cl3N2/c1-4-6-13(8-14,9-15)7-11-12(16)10(5-2)17-18(11)3/h4-9H2,1-3H3. The van der Waals surface area contributed by atoms with Gasteiger partial charge in [0.1, 0.15) is 0 Å². The number of alkyl halides is 2. The molecule has 0 aromatic carbocycles. The molecular weight excluding hydrogens is 291 g/mol. The number of nitrogens with zero attached hydrogens (tertiary/aromatic N) is 2. The van der Waals surface area contributed by atoms with Gasteiger partial charge in [-0.15, -0.1) is 23.2 Å². The van der Waals surface area contributed by atoms with Crippen molar-refractivity contribution in [3.8, 4) is 0 Å². The molecule has 1 heterocycles. The summed E-state index contributed by atoms with van der Waals surface area (Å²) < 4.78 is 1.87. The van der Waals surface area contributed by atoms with Gasteiger partial charge >= 0.3 is 0 Å². The number of aryl methyl sites for hydroxylation is 2. The summed E-state index contributed by atoms with van der Waals surface area (Å²) in [6, 6.07) is 0. The van der Waals surface area contributed by atoms with E-state index >= 15 is 0 Å². The zero-order valence-corrected chi connectivity index (χ0v) is 13.5. The summed E-state index contributed by atoms with van der Waals surface area (Å²) in [7, 11) is 1.93. The highest BCUT2D eigenvalue weighted by molar-refractivity contribution is 6.32. The van der Waals surface area contributed by atoms with Crippen LogP contribution < -0.4 is 0 Å². The van der Waals surface area contributed by atoms with Gasteiger partial charge in [0.15, 0.2) is 0 Å². The van der Waals surface area contributed by atoms with Crippen LogP contribution >= 0.6 is 34.8 Å². The minimum Gasteiger partial charge on any atom is -0.271 e. The first-order valence-corrected chi connectivity index (χ1v) is 7.80. The van der Waals surface area contributed by atoms with E-state index in [0.717, 1.165) is 42.1 Å². The van der Waals surface area contributed by atoms with Crippen LogP contribution in [-0.4, -0.2) is 21.5 Å². The van der Waals surface area contributed by atoms with Gasteiger partial charge < -0.3 is 0 Å². The van der Waals surface area contributed by atoms with Crippen LogP contribution in [0.2, 0.25) is 5.02 Å². The highest BCUT2D eigenvalue weighted by Gasteiger charge is 2.30. The van der Waals surface area contributed by atoms with Gasteiger partial charge in [0.2, 0.25) is 0 Å². The molecule has 1 aromatic rings. The van der Waals surface area contributed by atoms with Crippen molar-refractivity contribution < 1.29 is 0 Å². The highest BCUT2D eigenvalue weighted by atomic mass is 35.5. The molecule has 0 radical (unpaired) electrons. The molecule has 5 heteroatoms. The molecule has 0 saturated heterocycles. The van der Waals surface area contributed by atoms with E-state index in [1.165, 1.54) is 0 Å². The molecule has 0 aliphatic rings. The van der Waals surface area contributed by atoms with Crippen LogP contribution in [0.3, 0.4) is 0 Å². The zero-order valence-electron chi connectivity index (χ0n) is 11.3. The maximum atomic E-state index is 6.38. The van der Waals surface area contributed by atoms with Crippen LogP contribution in [0.25, 0.3) is 0 Å². The van der Waals surface area contributed by atoms with Crippen molar-refractivity contribution in [1.29, 1.82) is 0 Å². The van der Waals surface area contributed by atoms with E-state index in [0.29, 0.717) is 11.8 Å². The lowest BCUT2D eigenvalue weighted by atomic mass is 9.82. The Morgan fingerprint density at radius 3 is 2.22 bits per heavy atom. The van der Waals surface area contributed by atoms with Gasteiger partial charge in [0, 0.05) is 24.2 Å². The molecule has 0 atom stereocenters. The lowest BCUT2D eigenvalue weighted by Crippen LogP contribution is -2.29. The highest BCUT2D eigenvalue weighted by Crippen LogP contribution is 2.35. The predicted molar refractivity (Wildman–Crippen MR) is 80.1 cm³/mol. The van der Waals surface area contributed by atoms with Gasteiger partial charge in [-0.1, -0.05) is 31.9 Å². The number of rotatable bonds is 7. The quantitative estimate of drug-likeness (QED) is 0.681. The van der Waals surface area contributed by atoms with E-state index < -0.39 is 0 Å². The smallest absolute Gasteiger partial charge is 0.0849 e. The van der Waals surface area contributed by atoms with Gasteiger partial charge in [0.25, 0.3) is 0 Å². The van der Waals surface area contributed by atoms with Gasteiger partial charge in [-0.2, -0.15) is 5.10 Å². The Morgan fingerprint density at radius 2 is 1.83 bits per heavy atom. The molecule has 2 nitrogen and oxygen atoms in total. The van der Waals surface area contributed by atoms with E-state index in [-0.39, 0.29) is 5.41 Å². The zero-order chi connectivity index (χ0) is 13.8. The third-order valence-electron chi connectivity index (χ3n) is 3.39. The van der Waals surface area contributed by atoms with Crippen molar-refractivity contribution in [2.24, 2.45) is 12.5 Å². The first-order chi connectivity index (χ1) is 8.53. The summed E-state index contributed by atoms with van der Waals surface area (Å²) in [5, 5.41) is 5.21. The lowest BCUT2D eigenvalue weighted by molar-refractivity contribution is 0.332. The summed E-state index contributed by atoms with van der Waals surface area (Å²) in [4.78, 5) is 0. The Bertz CT molecular complexity index is 384. The predicted octanol–water partition coefficient (Wildman–Crippen LogP) is 4.44. The summed E-state index contributed by atoms with van der Waals surface area (Å²) >= 11 is 18.7. The Kier molecular flexibility index (Phi) is 6.29. The van der Waals surface area contributed by atoms with E-state index in [1.807, 2.05) is 11.7 Å². The lowest BCUT2D eigenvalue weighted by Gasteiger charge is -2.29. The normalized spacial score (nSPS) is 12.1. The average molecular weight is 312 g/mol. The fraction of sp³-hybridized carbons (Fsp3) is 0.769. The molecule has 18 heavy (non-hydrogen) atoms. The Morgan fingerprint density at radius 1 is 1.22 bits per heavy atom. The molecule has 104 valence electrons. The van der Waals surface area contributed by atoms with E-state index in [2.05, 4.69) is 18.9 Å². The summed E-state index contributed by atoms with van der Waals surface area (Å²) in [5.41, 5.74) is 1.91. The molecule has 0 bridgehead atoms. The van der Waals surface area contributed by atoms with Crippen molar-refractivity contribution in [3.05, 3.63) is 16.4 Å². The topological polar surface area (TPSA) is 17.8 Å². The van der Waals surface area contributed by atoms with E-state index in [1.54, 1.807) is 0 Å². The van der Waals surface area contributed by atoms with Crippen molar-refractivity contribution in [2.75, 3.05) is 11.8 Å². The van der Waals surface area contributed by atoms with Gasteiger partial charge in [0.05, 0.1) is 16.4 Å². The molecule has 0 N–H and O–H groups in total. The van der Waals surface area contributed by atoms with Crippen LogP contribution in [0, 0.1) is 5.41 Å². The van der Waals surface area contributed by atoms with Gasteiger partial charge in [-0.05, 0) is 19.3 Å². The van der Waals surface area contributed by atoms with Crippen LogP contribution in [0.15, 0.2) is 0 Å². The minimum atomic E-state index is -0.0830. The summed E-state index contributed by atoms with van der Waals surface area (Å²) in [6.45, 7) is 4.20. The largest absolute Gasteiger partial charge is 0.271 e. The molecule has 0 unspecified atom stereocenters. The maximum absolute atomic E-state index is 6.38. The Balaban J connectivity index is 3.04. The van der Waals surface area contributed by atoms with Crippen molar-refractivity contribution in [1.82, 2.24) is 9.78 Å². The fourth-order valence-electron chi connectivity index (χ4n) is 2.25. The van der Waals surface area contributed by atoms with Gasteiger partial charge in [-0.3, -0.25) is 4.68 Å². The molecule has 0 aliphatic carbocycles. The number of hydrogen-bond acceptors (Lipinski definition) is 1. The molecule has 0 saturated carbocycles. The van der Waals surface area contributed by atoms with Crippen LogP contribution in [-0.2, 0) is 19.9 Å². The van der Waals surface area contributed by atoms with E-state index in [4.69, 9.17) is 34.8 Å². The van der Waals surface area contributed by atoms with E-state index in [9.17, 15) is 0 Å². The maximum Gasteiger partial charge on any atom is 0.0849 e. The third kappa shape index (κ3) is 3.34. The summed E-state index contributed by atoms with van der Waals surface area (Å²) in [5.74, 6) is 1.10. The van der Waals surface area contributed by atoms with Crippen LogP contribution in [0.4, 0.5) is 0 Å². The molecular formula is C13H21Cl3N2. The molecule has 0 spiro atoms. The van der Waals surface area contributed by atoms with Crippen molar-refractivity contribution in [3.63, 3.8) is 0 Å². The first-order valence-electron chi connectivity index (χ1n) is 6.35. The second kappa shape index (κ2) is 7.02. The molecule has 0 aliphatic heterocycles. The average Bonchev–Trinajstić information content (AvgIpc) is 2.65. The third-order valence-corrected chi connectivity index (χ3v) is 4.96. The number of hydrogen-bond donors (Lipinski definition) is 0. The minimum absolute atomic E-state index is 0.0830. The second-order valence-electron chi connectivity index (χ2n) is 4.88. The summed E-state index contributed by atoms with van der Waals surface area (Å²) in [6.07, 6.45) is 3.70. The van der Waals surface area contributed by atoms with Crippen molar-refractivity contribution >= 4 is 34.8 Å². The Labute approximate surface area is 125 Å². The van der Waals surface area contributed by atoms with Crippen LogP contribution in [0.1, 0.15) is 38.1 Å². The number of halogens is 3. The van der Waals surface area contributed by atoms with Gasteiger partial charge in [-0.25, -0.2) is 0 Å². The molecule has 0 amide bonds. The SMILES string of the molecule is CCCC(CCl)(CCl)Cc1c(Cl)c(CC)nn1C. The van der Waals surface area contributed by atoms with Crippen molar-refractivity contribution in [2.45, 2.75) is 39.5 Å².